The summed E-state index contributed by atoms with van der Waals surface area (Å²) >= 11 is 1.64. The summed E-state index contributed by atoms with van der Waals surface area (Å²) in [5, 5.41) is 4.78. The predicted molar refractivity (Wildman–Crippen MR) is 81.4 cm³/mol. The number of para-hydroxylation sites is 1. The number of thiophene rings is 1. The van der Waals surface area contributed by atoms with Crippen molar-refractivity contribution in [2.24, 2.45) is 0 Å². The number of hydrogen-bond acceptors (Lipinski definition) is 4. The Balaban J connectivity index is 1.65. The number of carbonyl (C=O) groups is 2. The Morgan fingerprint density at radius 3 is 2.95 bits per heavy atom. The number of rotatable bonds is 4. The predicted octanol–water partition coefficient (Wildman–Crippen LogP) is 2.96. The van der Waals surface area contributed by atoms with E-state index in [0.29, 0.717) is 18.7 Å². The molecule has 4 nitrogen and oxygen atoms in total. The molecule has 1 aliphatic heterocycles. The average Bonchev–Trinajstić information content (AvgIpc) is 2.99. The van der Waals surface area contributed by atoms with Gasteiger partial charge in [-0.1, -0.05) is 24.3 Å². The molecule has 0 radical (unpaired) electrons. The Bertz CT molecular complexity index is 651. The first kappa shape index (κ1) is 13.8. The summed E-state index contributed by atoms with van der Waals surface area (Å²) in [5.74, 6) is -0.971. The van der Waals surface area contributed by atoms with Gasteiger partial charge in [0.25, 0.3) is 0 Å². The van der Waals surface area contributed by atoms with Crippen molar-refractivity contribution in [3.05, 3.63) is 52.2 Å². The molecule has 1 aromatic carbocycles. The third-order valence-corrected chi connectivity index (χ3v) is 4.39. The molecule has 0 unspecified atom stereocenters. The van der Waals surface area contributed by atoms with Crippen LogP contribution in [0.25, 0.3) is 0 Å². The van der Waals surface area contributed by atoms with Crippen LogP contribution in [0.4, 0.5) is 5.69 Å². The summed E-state index contributed by atoms with van der Waals surface area (Å²) in [6.45, 7) is 0.347. The van der Waals surface area contributed by atoms with Gasteiger partial charge in [-0.25, -0.2) is 0 Å². The van der Waals surface area contributed by atoms with E-state index in [4.69, 9.17) is 4.74 Å². The van der Waals surface area contributed by atoms with Crippen LogP contribution in [0.15, 0.2) is 41.8 Å². The molecular formula is C16H15NO3S. The summed E-state index contributed by atoms with van der Waals surface area (Å²) in [6, 6.07) is 11.4. The molecule has 3 rings (SSSR count). The van der Waals surface area contributed by atoms with E-state index in [2.05, 4.69) is 5.32 Å². The first-order valence-corrected chi connectivity index (χ1v) is 7.70. The lowest BCUT2D eigenvalue weighted by molar-refractivity contribution is -0.146. The molecule has 1 atom stereocenters. The molecule has 1 aromatic heterocycles. The summed E-state index contributed by atoms with van der Waals surface area (Å²) in [6.07, 6.45) is 0.860. The third-order valence-electron chi connectivity index (χ3n) is 3.46. The number of ether oxygens (including phenoxy) is 1. The molecule has 108 valence electrons. The van der Waals surface area contributed by atoms with Crippen LogP contribution in [0.2, 0.25) is 0 Å². The van der Waals surface area contributed by atoms with E-state index in [1.165, 1.54) is 4.88 Å². The van der Waals surface area contributed by atoms with E-state index < -0.39 is 5.92 Å². The van der Waals surface area contributed by atoms with Crippen LogP contribution >= 0.6 is 11.3 Å². The van der Waals surface area contributed by atoms with E-state index in [0.717, 1.165) is 5.56 Å². The van der Waals surface area contributed by atoms with E-state index in [1.807, 2.05) is 35.7 Å². The Hall–Kier alpha value is -2.14. The zero-order valence-electron chi connectivity index (χ0n) is 11.4. The topological polar surface area (TPSA) is 55.4 Å². The van der Waals surface area contributed by atoms with Crippen LogP contribution in [0.3, 0.4) is 0 Å². The second kappa shape index (κ2) is 6.10. The molecule has 0 spiro atoms. The second-order valence-electron chi connectivity index (χ2n) is 4.89. The standard InChI is InChI=1S/C16H15NO3S/c18-15-10-13(12-5-1-2-6-14(12)17-15)16(19)20-8-7-11-4-3-9-21-11/h1-6,9,13H,7-8,10H2,(H,17,18)/t13-/m0/s1. The molecule has 1 aliphatic rings. The summed E-state index contributed by atoms with van der Waals surface area (Å²) in [5.41, 5.74) is 1.53. The van der Waals surface area contributed by atoms with Gasteiger partial charge in [-0.3, -0.25) is 9.59 Å². The fourth-order valence-electron chi connectivity index (χ4n) is 2.43. The molecule has 5 heteroatoms. The SMILES string of the molecule is O=C1C[C@H](C(=O)OCCc2cccs2)c2ccccc2N1. The average molecular weight is 301 g/mol. The number of hydrogen-bond donors (Lipinski definition) is 1. The van der Waals surface area contributed by atoms with Crippen molar-refractivity contribution in [3.8, 4) is 0 Å². The normalized spacial score (nSPS) is 17.0. The largest absolute Gasteiger partial charge is 0.465 e. The number of esters is 1. The maximum atomic E-state index is 12.2. The van der Waals surface area contributed by atoms with Gasteiger partial charge >= 0.3 is 5.97 Å². The lowest BCUT2D eigenvalue weighted by Gasteiger charge is -2.24. The minimum atomic E-state index is -0.502. The Morgan fingerprint density at radius 1 is 1.29 bits per heavy atom. The highest BCUT2D eigenvalue weighted by molar-refractivity contribution is 7.09. The van der Waals surface area contributed by atoms with Crippen molar-refractivity contribution in [2.75, 3.05) is 11.9 Å². The fraction of sp³-hybridized carbons (Fsp3) is 0.250. The highest BCUT2D eigenvalue weighted by atomic mass is 32.1. The zero-order valence-corrected chi connectivity index (χ0v) is 12.2. The van der Waals surface area contributed by atoms with Crippen LogP contribution in [0.1, 0.15) is 22.8 Å². The smallest absolute Gasteiger partial charge is 0.314 e. The monoisotopic (exact) mass is 301 g/mol. The lowest BCUT2D eigenvalue weighted by atomic mass is 9.91. The molecule has 0 aliphatic carbocycles. The minimum absolute atomic E-state index is 0.145. The summed E-state index contributed by atoms with van der Waals surface area (Å²) in [4.78, 5) is 25.1. The van der Waals surface area contributed by atoms with Crippen LogP contribution in [0, 0.1) is 0 Å². The van der Waals surface area contributed by atoms with Crippen LogP contribution in [-0.4, -0.2) is 18.5 Å². The van der Waals surface area contributed by atoms with Gasteiger partial charge in [0.15, 0.2) is 0 Å². The molecule has 2 aromatic rings. The fourth-order valence-corrected chi connectivity index (χ4v) is 3.12. The summed E-state index contributed by atoms with van der Waals surface area (Å²) < 4.78 is 5.35. The lowest BCUT2D eigenvalue weighted by Crippen LogP contribution is -2.28. The van der Waals surface area contributed by atoms with Gasteiger partial charge in [-0.2, -0.15) is 0 Å². The van der Waals surface area contributed by atoms with Gasteiger partial charge in [0.1, 0.15) is 0 Å². The molecular weight excluding hydrogens is 286 g/mol. The van der Waals surface area contributed by atoms with E-state index in [9.17, 15) is 9.59 Å². The van der Waals surface area contributed by atoms with Crippen molar-refractivity contribution in [2.45, 2.75) is 18.8 Å². The Kier molecular flexibility index (Phi) is 4.01. The van der Waals surface area contributed by atoms with Crippen LogP contribution < -0.4 is 5.32 Å². The van der Waals surface area contributed by atoms with Gasteiger partial charge in [-0.15, -0.1) is 11.3 Å². The number of carbonyl (C=O) groups excluding carboxylic acids is 2. The highest BCUT2D eigenvalue weighted by Gasteiger charge is 2.31. The van der Waals surface area contributed by atoms with Gasteiger partial charge in [0.2, 0.25) is 5.91 Å². The van der Waals surface area contributed by atoms with Gasteiger partial charge < -0.3 is 10.1 Å². The van der Waals surface area contributed by atoms with E-state index in [-0.39, 0.29) is 18.3 Å². The van der Waals surface area contributed by atoms with Crippen LogP contribution in [0.5, 0.6) is 0 Å². The maximum Gasteiger partial charge on any atom is 0.314 e. The Labute approximate surface area is 126 Å². The second-order valence-corrected chi connectivity index (χ2v) is 5.92. The zero-order chi connectivity index (χ0) is 14.7. The molecule has 21 heavy (non-hydrogen) atoms. The molecule has 0 saturated heterocycles. The quantitative estimate of drug-likeness (QED) is 0.883. The van der Waals surface area contributed by atoms with Crippen molar-refractivity contribution in [1.29, 1.82) is 0 Å². The summed E-state index contributed by atoms with van der Waals surface area (Å²) in [7, 11) is 0. The molecule has 0 bridgehead atoms. The first-order valence-electron chi connectivity index (χ1n) is 6.82. The van der Waals surface area contributed by atoms with Gasteiger partial charge in [0.05, 0.1) is 12.5 Å². The number of nitrogens with one attached hydrogen (secondary N) is 1. The van der Waals surface area contributed by atoms with Gasteiger partial charge in [-0.05, 0) is 23.1 Å². The number of fused-ring (bicyclic) bond motifs is 1. The first-order chi connectivity index (χ1) is 10.2. The van der Waals surface area contributed by atoms with Crippen molar-refractivity contribution in [1.82, 2.24) is 0 Å². The van der Waals surface area contributed by atoms with E-state index >= 15 is 0 Å². The number of benzene rings is 1. The molecule has 2 heterocycles. The Morgan fingerprint density at radius 2 is 2.14 bits per heavy atom. The van der Waals surface area contributed by atoms with Crippen molar-refractivity contribution in [3.63, 3.8) is 0 Å². The highest BCUT2D eigenvalue weighted by Crippen LogP contribution is 2.32. The molecule has 0 saturated carbocycles. The third kappa shape index (κ3) is 3.13. The van der Waals surface area contributed by atoms with E-state index in [1.54, 1.807) is 17.4 Å². The van der Waals surface area contributed by atoms with Crippen LogP contribution in [-0.2, 0) is 20.7 Å². The number of amides is 1. The minimum Gasteiger partial charge on any atom is -0.465 e. The van der Waals surface area contributed by atoms with Crippen molar-refractivity contribution >= 4 is 28.9 Å². The van der Waals surface area contributed by atoms with Crippen molar-refractivity contribution < 1.29 is 14.3 Å². The number of anilines is 1. The maximum absolute atomic E-state index is 12.2. The van der Waals surface area contributed by atoms with Gasteiger partial charge in [0, 0.05) is 23.4 Å². The molecule has 1 N–H and O–H groups in total. The molecule has 1 amide bonds. The molecule has 0 fully saturated rings.